The Balaban J connectivity index is 2.46. The van der Waals surface area contributed by atoms with Crippen molar-refractivity contribution in [2.75, 3.05) is 13.6 Å². The number of hydrogen-bond donors (Lipinski definition) is 1. The Bertz CT molecular complexity index is 178. The molecule has 84 valence electrons. The van der Waals surface area contributed by atoms with E-state index in [1.165, 1.54) is 0 Å². The van der Waals surface area contributed by atoms with Crippen LogP contribution in [0.2, 0.25) is 0 Å². The molecule has 0 amide bonds. The summed E-state index contributed by atoms with van der Waals surface area (Å²) in [5.41, 5.74) is 0. The highest BCUT2D eigenvalue weighted by molar-refractivity contribution is 4.83. The fourth-order valence-corrected chi connectivity index (χ4v) is 2.24. The van der Waals surface area contributed by atoms with Crippen molar-refractivity contribution in [2.45, 2.75) is 44.8 Å². The van der Waals surface area contributed by atoms with Gasteiger partial charge in [0.05, 0.1) is 12.6 Å². The molecule has 2 nitrogen and oxygen atoms in total. The average Bonchev–Trinajstić information content (AvgIpc) is 2.08. The first-order valence-electron chi connectivity index (χ1n) is 5.17. The number of hydrogen-bond acceptors (Lipinski definition) is 2. The molecule has 1 aliphatic carbocycles. The van der Waals surface area contributed by atoms with Crippen LogP contribution in [0.25, 0.3) is 0 Å². The van der Waals surface area contributed by atoms with Gasteiger partial charge in [0, 0.05) is 6.04 Å². The van der Waals surface area contributed by atoms with Gasteiger partial charge in [-0.2, -0.15) is 0 Å². The van der Waals surface area contributed by atoms with E-state index in [9.17, 15) is 13.9 Å². The largest absolute Gasteiger partial charge is 0.393 e. The topological polar surface area (TPSA) is 23.5 Å². The van der Waals surface area contributed by atoms with E-state index in [4.69, 9.17) is 0 Å². The highest BCUT2D eigenvalue weighted by Gasteiger charge is 2.30. The van der Waals surface area contributed by atoms with Crippen LogP contribution >= 0.6 is 0 Å². The molecule has 1 aliphatic rings. The molecule has 0 bridgehead atoms. The lowest BCUT2D eigenvalue weighted by Crippen LogP contribution is -2.44. The van der Waals surface area contributed by atoms with E-state index in [1.807, 2.05) is 0 Å². The Morgan fingerprint density at radius 2 is 2.07 bits per heavy atom. The lowest BCUT2D eigenvalue weighted by Gasteiger charge is -2.38. The van der Waals surface area contributed by atoms with E-state index in [0.717, 1.165) is 12.8 Å². The zero-order chi connectivity index (χ0) is 10.7. The normalized spacial score (nSPS) is 34.1. The third-order valence-electron chi connectivity index (χ3n) is 3.12. The van der Waals surface area contributed by atoms with Gasteiger partial charge >= 0.3 is 0 Å². The van der Waals surface area contributed by atoms with E-state index in [-0.39, 0.29) is 18.7 Å². The van der Waals surface area contributed by atoms with Crippen LogP contribution in [-0.4, -0.2) is 42.2 Å². The van der Waals surface area contributed by atoms with Crippen LogP contribution in [0, 0.1) is 5.92 Å². The van der Waals surface area contributed by atoms with Gasteiger partial charge in [0.1, 0.15) is 0 Å². The van der Waals surface area contributed by atoms with E-state index in [1.54, 1.807) is 11.9 Å². The summed E-state index contributed by atoms with van der Waals surface area (Å²) >= 11 is 0. The minimum Gasteiger partial charge on any atom is -0.393 e. The molecule has 0 aliphatic heterocycles. The summed E-state index contributed by atoms with van der Waals surface area (Å²) in [5, 5.41) is 9.47. The van der Waals surface area contributed by atoms with Crippen molar-refractivity contribution in [1.82, 2.24) is 4.90 Å². The minimum atomic E-state index is -2.29. The van der Waals surface area contributed by atoms with Gasteiger partial charge in [-0.1, -0.05) is 6.92 Å². The second kappa shape index (κ2) is 5.03. The molecule has 1 rings (SSSR count). The molecule has 14 heavy (non-hydrogen) atoms. The van der Waals surface area contributed by atoms with Crippen molar-refractivity contribution in [3.63, 3.8) is 0 Å². The van der Waals surface area contributed by atoms with Crippen LogP contribution in [0.3, 0.4) is 0 Å². The molecule has 1 saturated carbocycles. The molecule has 0 heterocycles. The zero-order valence-electron chi connectivity index (χ0n) is 8.79. The van der Waals surface area contributed by atoms with Crippen molar-refractivity contribution in [3.8, 4) is 0 Å². The molecular weight excluding hydrogens is 188 g/mol. The molecule has 0 saturated heterocycles. The Morgan fingerprint density at radius 3 is 2.64 bits per heavy atom. The van der Waals surface area contributed by atoms with Gasteiger partial charge in [-0.25, -0.2) is 8.78 Å². The molecule has 3 unspecified atom stereocenters. The van der Waals surface area contributed by atoms with Crippen LogP contribution in [-0.2, 0) is 0 Å². The SMILES string of the molecule is CC1CCC(O)CC1N(C)CC(F)F. The summed E-state index contributed by atoms with van der Waals surface area (Å²) < 4.78 is 24.3. The number of alkyl halides is 2. The van der Waals surface area contributed by atoms with Crippen LogP contribution in [0.1, 0.15) is 26.2 Å². The van der Waals surface area contributed by atoms with Gasteiger partial charge in [0.15, 0.2) is 0 Å². The van der Waals surface area contributed by atoms with E-state index in [2.05, 4.69) is 6.92 Å². The van der Waals surface area contributed by atoms with Crippen molar-refractivity contribution in [3.05, 3.63) is 0 Å². The fraction of sp³-hybridized carbons (Fsp3) is 1.00. The van der Waals surface area contributed by atoms with Gasteiger partial charge in [-0.15, -0.1) is 0 Å². The Kier molecular flexibility index (Phi) is 4.26. The predicted molar refractivity (Wildman–Crippen MR) is 51.4 cm³/mol. The quantitative estimate of drug-likeness (QED) is 0.762. The van der Waals surface area contributed by atoms with Gasteiger partial charge in [0.25, 0.3) is 6.43 Å². The molecule has 0 aromatic heterocycles. The first kappa shape index (κ1) is 11.9. The number of nitrogens with zero attached hydrogens (tertiary/aromatic N) is 1. The maximum atomic E-state index is 12.2. The number of aliphatic hydroxyl groups is 1. The highest BCUT2D eigenvalue weighted by Crippen LogP contribution is 2.27. The summed E-state index contributed by atoms with van der Waals surface area (Å²) in [6.45, 7) is 1.88. The van der Waals surface area contributed by atoms with E-state index >= 15 is 0 Å². The van der Waals surface area contributed by atoms with Crippen LogP contribution in [0.15, 0.2) is 0 Å². The minimum absolute atomic E-state index is 0.104. The smallest absolute Gasteiger partial charge is 0.251 e. The zero-order valence-corrected chi connectivity index (χ0v) is 8.79. The summed E-state index contributed by atoms with van der Waals surface area (Å²) in [6, 6.07) is 0.104. The van der Waals surface area contributed by atoms with Crippen LogP contribution < -0.4 is 0 Å². The highest BCUT2D eigenvalue weighted by atomic mass is 19.3. The lowest BCUT2D eigenvalue weighted by molar-refractivity contribution is 0.0144. The second-order valence-corrected chi connectivity index (χ2v) is 4.34. The molecule has 4 heteroatoms. The third-order valence-corrected chi connectivity index (χ3v) is 3.12. The Morgan fingerprint density at radius 1 is 1.43 bits per heavy atom. The van der Waals surface area contributed by atoms with E-state index in [0.29, 0.717) is 12.3 Å². The van der Waals surface area contributed by atoms with Gasteiger partial charge in [-0.3, -0.25) is 4.90 Å². The van der Waals surface area contributed by atoms with Crippen LogP contribution in [0.5, 0.6) is 0 Å². The Hall–Kier alpha value is -0.220. The fourth-order valence-electron chi connectivity index (χ4n) is 2.24. The first-order chi connectivity index (χ1) is 6.50. The molecule has 0 spiro atoms. The molecule has 1 fully saturated rings. The average molecular weight is 207 g/mol. The van der Waals surface area contributed by atoms with Crippen molar-refractivity contribution >= 4 is 0 Å². The third kappa shape index (κ3) is 3.17. The van der Waals surface area contributed by atoms with Crippen molar-refractivity contribution in [1.29, 1.82) is 0 Å². The number of rotatable bonds is 3. The number of halogens is 2. The van der Waals surface area contributed by atoms with Gasteiger partial charge in [0.2, 0.25) is 0 Å². The summed E-state index contributed by atoms with van der Waals surface area (Å²) in [4.78, 5) is 1.68. The second-order valence-electron chi connectivity index (χ2n) is 4.34. The molecular formula is C10H19F2NO. The molecule has 0 aromatic rings. The van der Waals surface area contributed by atoms with Crippen molar-refractivity contribution in [2.24, 2.45) is 5.92 Å². The summed E-state index contributed by atoms with van der Waals surface area (Å²) in [6.07, 6.45) is -0.230. The van der Waals surface area contributed by atoms with E-state index < -0.39 is 6.43 Å². The maximum Gasteiger partial charge on any atom is 0.251 e. The molecule has 0 radical (unpaired) electrons. The van der Waals surface area contributed by atoms with Gasteiger partial charge < -0.3 is 5.11 Å². The monoisotopic (exact) mass is 207 g/mol. The predicted octanol–water partition coefficient (Wildman–Crippen LogP) is 1.73. The Labute approximate surface area is 83.9 Å². The number of aliphatic hydroxyl groups excluding tert-OH is 1. The first-order valence-corrected chi connectivity index (χ1v) is 5.17. The lowest BCUT2D eigenvalue weighted by atomic mass is 9.83. The molecule has 3 atom stereocenters. The summed E-state index contributed by atoms with van der Waals surface area (Å²) in [5.74, 6) is 0.405. The van der Waals surface area contributed by atoms with Crippen molar-refractivity contribution < 1.29 is 13.9 Å². The van der Waals surface area contributed by atoms with Crippen LogP contribution in [0.4, 0.5) is 8.78 Å². The van der Waals surface area contributed by atoms with Gasteiger partial charge in [-0.05, 0) is 32.2 Å². The summed E-state index contributed by atoms with van der Waals surface area (Å²) in [7, 11) is 1.71. The molecule has 1 N–H and O–H groups in total. The standard InChI is InChI=1S/C10H19F2NO/c1-7-3-4-8(14)5-9(7)13(2)6-10(11)12/h7-10,14H,3-6H2,1-2H3. The maximum absolute atomic E-state index is 12.2. The molecule has 0 aromatic carbocycles.